The van der Waals surface area contributed by atoms with Crippen LogP contribution in [0.5, 0.6) is 0 Å². The van der Waals surface area contributed by atoms with E-state index in [1.807, 2.05) is 0 Å². The van der Waals surface area contributed by atoms with Crippen LogP contribution >= 0.6 is 22.9 Å². The van der Waals surface area contributed by atoms with Gasteiger partial charge in [-0.2, -0.15) is 18.4 Å². The Kier molecular flexibility index (Phi) is 4.40. The van der Waals surface area contributed by atoms with Gasteiger partial charge in [0.05, 0.1) is 15.8 Å². The first kappa shape index (κ1) is 15.6. The zero-order chi connectivity index (χ0) is 15.6. The van der Waals surface area contributed by atoms with E-state index in [-0.39, 0.29) is 34.2 Å². The van der Waals surface area contributed by atoms with Crippen LogP contribution in [0.15, 0.2) is 24.0 Å². The molecule has 1 aromatic carbocycles. The molecule has 0 radical (unpaired) electrons. The minimum absolute atomic E-state index is 0.0644. The summed E-state index contributed by atoms with van der Waals surface area (Å²) in [5, 5.41) is 19.0. The first-order valence-electron chi connectivity index (χ1n) is 5.73. The predicted molar refractivity (Wildman–Crippen MR) is 75.1 cm³/mol. The lowest BCUT2D eigenvalue weighted by Gasteiger charge is -2.04. The Hall–Kier alpha value is -1.78. The van der Waals surface area contributed by atoms with Crippen molar-refractivity contribution in [2.24, 2.45) is 0 Å². The maximum atomic E-state index is 12.6. The Morgan fingerprint density at radius 3 is 2.71 bits per heavy atom. The van der Waals surface area contributed by atoms with Crippen LogP contribution in [0.1, 0.15) is 17.0 Å². The molecule has 0 bridgehead atoms. The molecule has 0 saturated heterocycles. The van der Waals surface area contributed by atoms with Crippen LogP contribution in [0.4, 0.5) is 13.2 Å². The van der Waals surface area contributed by atoms with Crippen molar-refractivity contribution in [3.8, 4) is 6.07 Å². The Labute approximate surface area is 126 Å². The van der Waals surface area contributed by atoms with Gasteiger partial charge in [0.15, 0.2) is 0 Å². The monoisotopic (exact) mass is 332 g/mol. The molecule has 0 amide bonds. The van der Waals surface area contributed by atoms with E-state index in [0.717, 1.165) is 23.5 Å². The number of thiazole rings is 1. The van der Waals surface area contributed by atoms with E-state index in [1.165, 1.54) is 6.07 Å². The second-order valence-corrected chi connectivity index (χ2v) is 5.48. The molecule has 0 aliphatic rings. The molecule has 0 atom stereocenters. The first-order valence-corrected chi connectivity index (χ1v) is 7.08. The zero-order valence-electron chi connectivity index (χ0n) is 10.4. The van der Waals surface area contributed by atoms with Gasteiger partial charge in [0.2, 0.25) is 0 Å². The van der Waals surface area contributed by atoms with E-state index < -0.39 is 11.7 Å². The van der Waals surface area contributed by atoms with Gasteiger partial charge in [-0.3, -0.25) is 0 Å². The first-order chi connectivity index (χ1) is 9.86. The maximum absolute atomic E-state index is 12.6. The average Bonchev–Trinajstić information content (AvgIpc) is 2.81. The fourth-order valence-electron chi connectivity index (χ4n) is 1.66. The summed E-state index contributed by atoms with van der Waals surface area (Å²) in [7, 11) is 0. The second kappa shape index (κ2) is 5.92. The third kappa shape index (κ3) is 3.28. The Balaban J connectivity index is 2.53. The summed E-state index contributed by atoms with van der Waals surface area (Å²) in [6.07, 6.45) is -4.36. The van der Waals surface area contributed by atoms with Gasteiger partial charge >= 0.3 is 6.18 Å². The Morgan fingerprint density at radius 1 is 1.43 bits per heavy atom. The second-order valence-electron chi connectivity index (χ2n) is 4.07. The molecule has 1 N–H and O–H groups in total. The molecule has 3 nitrogen and oxygen atoms in total. The zero-order valence-corrected chi connectivity index (χ0v) is 12.0. The minimum Gasteiger partial charge on any atom is -0.511 e. The van der Waals surface area contributed by atoms with Gasteiger partial charge < -0.3 is 5.11 Å². The predicted octanol–water partition coefficient (Wildman–Crippen LogP) is 4.74. The third-order valence-electron chi connectivity index (χ3n) is 2.66. The molecule has 1 heterocycles. The molecular formula is C13H8ClF3N2OS. The topological polar surface area (TPSA) is 56.9 Å². The number of benzene rings is 1. The van der Waals surface area contributed by atoms with Crippen LogP contribution in [0.2, 0.25) is 0 Å². The number of rotatable bonds is 3. The summed E-state index contributed by atoms with van der Waals surface area (Å²) in [5.41, 5.74) is -0.735. The lowest BCUT2D eigenvalue weighted by Crippen LogP contribution is -2.03. The highest BCUT2D eigenvalue weighted by Gasteiger charge is 2.30. The van der Waals surface area contributed by atoms with Crippen LogP contribution in [-0.2, 0) is 6.18 Å². The van der Waals surface area contributed by atoms with Crippen molar-refractivity contribution in [1.29, 1.82) is 5.26 Å². The highest BCUT2D eigenvalue weighted by Crippen LogP contribution is 2.34. The number of hydrogen-bond donors (Lipinski definition) is 1. The smallest absolute Gasteiger partial charge is 0.416 e. The molecule has 1 aromatic heterocycles. The van der Waals surface area contributed by atoms with Crippen molar-refractivity contribution in [2.75, 3.05) is 5.88 Å². The highest BCUT2D eigenvalue weighted by molar-refractivity contribution is 7.19. The van der Waals surface area contributed by atoms with E-state index in [9.17, 15) is 18.3 Å². The van der Waals surface area contributed by atoms with Crippen molar-refractivity contribution in [1.82, 2.24) is 4.98 Å². The lowest BCUT2D eigenvalue weighted by molar-refractivity contribution is -0.137. The van der Waals surface area contributed by atoms with Crippen molar-refractivity contribution < 1.29 is 18.3 Å². The number of fused-ring (bicyclic) bond motifs is 1. The maximum Gasteiger partial charge on any atom is 0.416 e. The van der Waals surface area contributed by atoms with Gasteiger partial charge in [0.1, 0.15) is 22.4 Å². The summed E-state index contributed by atoms with van der Waals surface area (Å²) in [6, 6.07) is 4.98. The molecule has 0 spiro atoms. The van der Waals surface area contributed by atoms with Crippen molar-refractivity contribution in [3.05, 3.63) is 34.5 Å². The summed E-state index contributed by atoms with van der Waals surface area (Å²) in [5.74, 6) is -0.0947. The van der Waals surface area contributed by atoms with E-state index in [1.54, 1.807) is 6.07 Å². The van der Waals surface area contributed by atoms with Gasteiger partial charge in [0.25, 0.3) is 0 Å². The van der Waals surface area contributed by atoms with Crippen LogP contribution in [0, 0.1) is 11.3 Å². The van der Waals surface area contributed by atoms with Gasteiger partial charge in [-0.25, -0.2) is 4.98 Å². The summed E-state index contributed by atoms with van der Waals surface area (Å²) >= 11 is 6.53. The minimum atomic E-state index is -4.45. The molecular weight excluding hydrogens is 325 g/mol. The number of aromatic nitrogens is 1. The van der Waals surface area contributed by atoms with Gasteiger partial charge in [-0.15, -0.1) is 22.9 Å². The van der Waals surface area contributed by atoms with E-state index in [0.29, 0.717) is 4.70 Å². The molecule has 0 unspecified atom stereocenters. The number of aliphatic hydroxyl groups excluding tert-OH is 1. The molecule has 0 aliphatic carbocycles. The van der Waals surface area contributed by atoms with Crippen LogP contribution < -0.4 is 0 Å². The number of nitrogens with zero attached hydrogens (tertiary/aromatic N) is 2. The highest BCUT2D eigenvalue weighted by atomic mass is 35.5. The number of halogens is 4. The van der Waals surface area contributed by atoms with Crippen LogP contribution in [0.25, 0.3) is 15.8 Å². The molecule has 2 aromatic rings. The molecule has 0 fully saturated rings. The van der Waals surface area contributed by atoms with Gasteiger partial charge in [0, 0.05) is 12.3 Å². The Bertz CT molecular complexity index is 746. The molecule has 0 aliphatic heterocycles. The standard InChI is InChI=1S/C13H8ClF3N2OS/c14-4-3-10(20)8(6-18)12-19-9-5-7(13(15,16)17)1-2-11(9)21-12/h1-2,5,20H,3-4H2/b10-8-. The summed E-state index contributed by atoms with van der Waals surface area (Å²) < 4.78 is 38.4. The molecule has 21 heavy (non-hydrogen) atoms. The van der Waals surface area contributed by atoms with Crippen molar-refractivity contribution in [2.45, 2.75) is 12.6 Å². The number of allylic oxidation sites excluding steroid dienone is 2. The largest absolute Gasteiger partial charge is 0.511 e. The molecule has 8 heteroatoms. The lowest BCUT2D eigenvalue weighted by atomic mass is 10.2. The number of aliphatic hydroxyl groups is 1. The summed E-state index contributed by atoms with van der Waals surface area (Å²) in [6.45, 7) is 0. The average molecular weight is 333 g/mol. The number of hydrogen-bond acceptors (Lipinski definition) is 4. The fourth-order valence-corrected chi connectivity index (χ4v) is 2.80. The quantitative estimate of drug-likeness (QED) is 0.502. The van der Waals surface area contributed by atoms with E-state index in [4.69, 9.17) is 16.9 Å². The molecule has 2 rings (SSSR count). The fraction of sp³-hybridized carbons (Fsp3) is 0.231. The van der Waals surface area contributed by atoms with Crippen molar-refractivity contribution in [3.63, 3.8) is 0 Å². The van der Waals surface area contributed by atoms with E-state index >= 15 is 0 Å². The van der Waals surface area contributed by atoms with Crippen LogP contribution in [0.3, 0.4) is 0 Å². The number of alkyl halides is 4. The Morgan fingerprint density at radius 2 is 2.14 bits per heavy atom. The van der Waals surface area contributed by atoms with Gasteiger partial charge in [-0.05, 0) is 18.2 Å². The summed E-state index contributed by atoms with van der Waals surface area (Å²) in [4.78, 5) is 4.00. The molecule has 110 valence electrons. The number of nitriles is 1. The normalized spacial score (nSPS) is 13.1. The third-order valence-corrected chi connectivity index (χ3v) is 3.90. The van der Waals surface area contributed by atoms with Crippen LogP contribution in [-0.4, -0.2) is 16.0 Å². The molecule has 0 saturated carbocycles. The van der Waals surface area contributed by atoms with Crippen molar-refractivity contribution >= 4 is 38.7 Å². The SMILES string of the molecule is N#C/C(=C(/O)CCCl)c1nc2cc(C(F)(F)F)ccc2s1. The van der Waals surface area contributed by atoms with Gasteiger partial charge in [-0.1, -0.05) is 0 Å². The van der Waals surface area contributed by atoms with E-state index in [2.05, 4.69) is 4.98 Å².